The Morgan fingerprint density at radius 3 is 2.50 bits per heavy atom. The second kappa shape index (κ2) is 6.41. The first-order valence-corrected chi connectivity index (χ1v) is 7.13. The fourth-order valence-electron chi connectivity index (χ4n) is 1.98. The van der Waals surface area contributed by atoms with Crippen LogP contribution >= 0.6 is 11.6 Å². The number of aryl methyl sites for hydroxylation is 1. The molecule has 0 fully saturated rings. The smallest absolute Gasteiger partial charge is 0.249 e. The highest BCUT2D eigenvalue weighted by atomic mass is 35.5. The van der Waals surface area contributed by atoms with E-state index in [0.717, 1.165) is 11.4 Å². The summed E-state index contributed by atoms with van der Waals surface area (Å²) in [4.78, 5) is 4.38. The molecule has 0 saturated heterocycles. The molecule has 0 amide bonds. The zero-order valence-electron chi connectivity index (χ0n) is 11.9. The number of hydrogen-bond donors (Lipinski definition) is 2. The van der Waals surface area contributed by atoms with Crippen LogP contribution in [0.1, 0.15) is 5.56 Å². The van der Waals surface area contributed by atoms with E-state index in [1.165, 1.54) is 5.56 Å². The first-order chi connectivity index (χ1) is 10.7. The summed E-state index contributed by atoms with van der Waals surface area (Å²) in [6.07, 6.45) is 1.57. The highest BCUT2D eigenvalue weighted by molar-refractivity contribution is 6.30. The van der Waals surface area contributed by atoms with E-state index >= 15 is 0 Å². The zero-order valence-corrected chi connectivity index (χ0v) is 12.7. The van der Waals surface area contributed by atoms with Crippen molar-refractivity contribution in [2.24, 2.45) is 0 Å². The molecule has 0 saturated carbocycles. The molecule has 110 valence electrons. The molecule has 2 aromatic carbocycles. The summed E-state index contributed by atoms with van der Waals surface area (Å²) in [6.45, 7) is 2.04. The third kappa shape index (κ3) is 3.71. The minimum absolute atomic E-state index is 0.403. The number of rotatable bonds is 4. The first kappa shape index (κ1) is 14.3. The molecule has 0 aliphatic carbocycles. The van der Waals surface area contributed by atoms with Gasteiger partial charge < -0.3 is 10.6 Å². The Labute approximate surface area is 133 Å². The molecule has 0 aliphatic heterocycles. The molecule has 0 spiro atoms. The summed E-state index contributed by atoms with van der Waals surface area (Å²) in [5, 5.41) is 14.8. The maximum Gasteiger partial charge on any atom is 0.249 e. The van der Waals surface area contributed by atoms with Crippen LogP contribution in [0.3, 0.4) is 0 Å². The molecule has 0 radical (unpaired) electrons. The monoisotopic (exact) mass is 311 g/mol. The van der Waals surface area contributed by atoms with Crippen LogP contribution in [0, 0.1) is 6.92 Å². The van der Waals surface area contributed by atoms with Crippen LogP contribution in [0.4, 0.5) is 23.1 Å². The van der Waals surface area contributed by atoms with E-state index in [0.29, 0.717) is 16.8 Å². The number of aromatic nitrogens is 3. The van der Waals surface area contributed by atoms with Gasteiger partial charge in [0.25, 0.3) is 0 Å². The molecule has 22 heavy (non-hydrogen) atoms. The molecule has 1 heterocycles. The van der Waals surface area contributed by atoms with Crippen LogP contribution in [0.25, 0.3) is 0 Å². The molecule has 3 rings (SSSR count). The molecule has 3 aromatic rings. The number of hydrogen-bond acceptors (Lipinski definition) is 5. The average molecular weight is 312 g/mol. The van der Waals surface area contributed by atoms with Crippen LogP contribution in [0.15, 0.2) is 54.7 Å². The normalized spacial score (nSPS) is 10.3. The summed E-state index contributed by atoms with van der Waals surface area (Å²) in [5.41, 5.74) is 2.93. The Morgan fingerprint density at radius 2 is 1.73 bits per heavy atom. The average Bonchev–Trinajstić information content (AvgIpc) is 2.47. The van der Waals surface area contributed by atoms with Crippen molar-refractivity contribution in [1.29, 1.82) is 0 Å². The molecule has 2 N–H and O–H groups in total. The number of halogens is 1. The first-order valence-electron chi connectivity index (χ1n) is 6.75. The Morgan fingerprint density at radius 1 is 0.955 bits per heavy atom. The minimum Gasteiger partial charge on any atom is -0.339 e. The van der Waals surface area contributed by atoms with Crippen molar-refractivity contribution in [2.45, 2.75) is 6.92 Å². The van der Waals surface area contributed by atoms with E-state index in [1.807, 2.05) is 49.4 Å². The molecule has 0 unspecified atom stereocenters. The minimum atomic E-state index is 0.403. The van der Waals surface area contributed by atoms with Crippen molar-refractivity contribution in [1.82, 2.24) is 15.2 Å². The third-order valence-electron chi connectivity index (χ3n) is 2.93. The molecule has 0 aliphatic rings. The largest absolute Gasteiger partial charge is 0.339 e. The molecule has 1 aromatic heterocycles. The van der Waals surface area contributed by atoms with Crippen LogP contribution in [0.5, 0.6) is 0 Å². The van der Waals surface area contributed by atoms with Gasteiger partial charge in [-0.3, -0.25) is 0 Å². The molecular formula is C16H14ClN5. The van der Waals surface area contributed by atoms with Gasteiger partial charge in [-0.15, -0.1) is 5.10 Å². The van der Waals surface area contributed by atoms with Gasteiger partial charge in [-0.05, 0) is 42.8 Å². The highest BCUT2D eigenvalue weighted by Gasteiger charge is 2.02. The van der Waals surface area contributed by atoms with Crippen molar-refractivity contribution >= 4 is 34.7 Å². The lowest BCUT2D eigenvalue weighted by Crippen LogP contribution is -2.02. The van der Waals surface area contributed by atoms with E-state index in [4.69, 9.17) is 11.6 Å². The Bertz CT molecular complexity index is 728. The summed E-state index contributed by atoms with van der Waals surface area (Å²) in [7, 11) is 0. The van der Waals surface area contributed by atoms with E-state index in [2.05, 4.69) is 25.8 Å². The van der Waals surface area contributed by atoms with Crippen molar-refractivity contribution in [2.75, 3.05) is 10.6 Å². The number of nitrogens with zero attached hydrogens (tertiary/aromatic N) is 3. The van der Waals surface area contributed by atoms with Crippen LogP contribution < -0.4 is 10.6 Å². The fraction of sp³-hybridized carbons (Fsp3) is 0.0625. The molecule has 0 bridgehead atoms. The van der Waals surface area contributed by atoms with Crippen LogP contribution in [-0.2, 0) is 0 Å². The van der Waals surface area contributed by atoms with Gasteiger partial charge in [0.2, 0.25) is 5.95 Å². The Balaban J connectivity index is 1.78. The van der Waals surface area contributed by atoms with Gasteiger partial charge >= 0.3 is 0 Å². The maximum atomic E-state index is 5.96. The lowest BCUT2D eigenvalue weighted by Gasteiger charge is -2.08. The summed E-state index contributed by atoms with van der Waals surface area (Å²) in [6, 6.07) is 15.4. The second-order valence-corrected chi connectivity index (χ2v) is 5.23. The molecule has 5 nitrogen and oxygen atoms in total. The highest BCUT2D eigenvalue weighted by Crippen LogP contribution is 2.19. The Hall–Kier alpha value is -2.66. The standard InChI is InChI=1S/C16H14ClN5/c1-11-4-2-6-13(8-11)19-15-10-18-22-16(21-15)20-14-7-3-5-12(17)9-14/h2-10H,1H3,(H2,19,20,21,22). The van der Waals surface area contributed by atoms with E-state index < -0.39 is 0 Å². The van der Waals surface area contributed by atoms with Crippen LogP contribution in [-0.4, -0.2) is 15.2 Å². The Kier molecular flexibility index (Phi) is 4.16. The predicted octanol–water partition coefficient (Wildman–Crippen LogP) is 4.32. The third-order valence-corrected chi connectivity index (χ3v) is 3.17. The van der Waals surface area contributed by atoms with Gasteiger partial charge in [0.15, 0.2) is 5.82 Å². The molecule has 6 heteroatoms. The van der Waals surface area contributed by atoms with Crippen LogP contribution in [0.2, 0.25) is 5.02 Å². The quantitative estimate of drug-likeness (QED) is 0.751. The van der Waals surface area contributed by atoms with E-state index in [1.54, 1.807) is 12.3 Å². The van der Waals surface area contributed by atoms with Gasteiger partial charge in [-0.1, -0.05) is 29.8 Å². The summed E-state index contributed by atoms with van der Waals surface area (Å²) >= 11 is 5.96. The molecular weight excluding hydrogens is 298 g/mol. The van der Waals surface area contributed by atoms with Gasteiger partial charge in [0.05, 0.1) is 6.20 Å². The lowest BCUT2D eigenvalue weighted by molar-refractivity contribution is 0.982. The fourth-order valence-corrected chi connectivity index (χ4v) is 2.17. The lowest BCUT2D eigenvalue weighted by atomic mass is 10.2. The number of benzene rings is 2. The maximum absolute atomic E-state index is 5.96. The van der Waals surface area contributed by atoms with Gasteiger partial charge in [0.1, 0.15) is 0 Å². The van der Waals surface area contributed by atoms with E-state index in [-0.39, 0.29) is 0 Å². The SMILES string of the molecule is Cc1cccc(Nc2cnnc(Nc3cccc(Cl)c3)n2)c1. The summed E-state index contributed by atoms with van der Waals surface area (Å²) in [5.74, 6) is 1.02. The predicted molar refractivity (Wildman–Crippen MR) is 89.0 cm³/mol. The van der Waals surface area contributed by atoms with Gasteiger partial charge in [-0.2, -0.15) is 10.1 Å². The number of anilines is 4. The summed E-state index contributed by atoms with van der Waals surface area (Å²) < 4.78 is 0. The topological polar surface area (TPSA) is 62.7 Å². The second-order valence-electron chi connectivity index (χ2n) is 4.80. The molecule has 0 atom stereocenters. The van der Waals surface area contributed by atoms with Crippen molar-refractivity contribution < 1.29 is 0 Å². The van der Waals surface area contributed by atoms with Gasteiger partial charge in [0, 0.05) is 16.4 Å². The van der Waals surface area contributed by atoms with Crippen molar-refractivity contribution in [3.63, 3.8) is 0 Å². The number of nitrogens with one attached hydrogen (secondary N) is 2. The van der Waals surface area contributed by atoms with E-state index in [9.17, 15) is 0 Å². The van der Waals surface area contributed by atoms with Gasteiger partial charge in [-0.25, -0.2) is 0 Å². The van der Waals surface area contributed by atoms with Crippen molar-refractivity contribution in [3.05, 3.63) is 65.3 Å². The zero-order chi connectivity index (χ0) is 15.4. The van der Waals surface area contributed by atoms with Crippen molar-refractivity contribution in [3.8, 4) is 0 Å².